The maximum absolute atomic E-state index is 9.56. The fraction of sp³-hybridized carbons (Fsp3) is 0.600. The Morgan fingerprint density at radius 1 is 1.08 bits per heavy atom. The highest BCUT2D eigenvalue weighted by Crippen LogP contribution is 2.40. The van der Waals surface area contributed by atoms with E-state index in [1.54, 1.807) is 12.3 Å². The second kappa shape index (κ2) is 7.46. The van der Waals surface area contributed by atoms with E-state index in [2.05, 4.69) is 20.8 Å². The molecule has 0 bridgehead atoms. The molecular weight excluding hydrogens is 314 g/mol. The van der Waals surface area contributed by atoms with Gasteiger partial charge in [0, 0.05) is 29.8 Å². The summed E-state index contributed by atoms with van der Waals surface area (Å²) in [5.74, 6) is 1.81. The molecule has 2 atom stereocenters. The molecule has 1 N–H and O–H groups in total. The molecule has 0 radical (unpaired) electrons. The van der Waals surface area contributed by atoms with Crippen molar-refractivity contribution in [3.63, 3.8) is 0 Å². The Hall–Kier alpha value is -2.04. The van der Waals surface area contributed by atoms with Crippen molar-refractivity contribution in [1.29, 1.82) is 0 Å². The molecule has 0 spiro atoms. The zero-order chi connectivity index (χ0) is 17.1. The van der Waals surface area contributed by atoms with Crippen LogP contribution in [0.4, 0.5) is 0 Å². The second-order valence-electron chi connectivity index (χ2n) is 7.48. The Kier molecular flexibility index (Phi) is 4.90. The van der Waals surface area contributed by atoms with Gasteiger partial charge in [0.1, 0.15) is 11.5 Å². The van der Waals surface area contributed by atoms with E-state index in [9.17, 15) is 5.11 Å². The van der Waals surface area contributed by atoms with Crippen molar-refractivity contribution in [1.82, 2.24) is 14.8 Å². The van der Waals surface area contributed by atoms with Crippen LogP contribution >= 0.6 is 0 Å². The molecule has 0 amide bonds. The zero-order valence-corrected chi connectivity index (χ0v) is 14.7. The first-order valence-electron chi connectivity index (χ1n) is 9.61. The van der Waals surface area contributed by atoms with E-state index in [0.29, 0.717) is 30.2 Å². The third kappa shape index (κ3) is 3.65. The summed E-state index contributed by atoms with van der Waals surface area (Å²) in [6, 6.07) is 4.44. The first-order chi connectivity index (χ1) is 12.3. The van der Waals surface area contributed by atoms with Gasteiger partial charge in [0.25, 0.3) is 0 Å². The number of rotatable bonds is 5. The van der Waals surface area contributed by atoms with Gasteiger partial charge in [-0.05, 0) is 31.7 Å². The van der Waals surface area contributed by atoms with Gasteiger partial charge in [0.2, 0.25) is 0 Å². The Labute approximate surface area is 149 Å². The van der Waals surface area contributed by atoms with E-state index < -0.39 is 0 Å². The molecule has 2 aliphatic carbocycles. The van der Waals surface area contributed by atoms with Crippen LogP contribution in [0.2, 0.25) is 0 Å². The SMILES string of the molecule is Oc1cncc(OCC2CCCCC2c2ccnn2C2CCCC2)c1. The molecule has 0 saturated heterocycles. The maximum atomic E-state index is 9.56. The predicted octanol–water partition coefficient (Wildman–Crippen LogP) is 4.45. The highest BCUT2D eigenvalue weighted by molar-refractivity contribution is 5.27. The summed E-state index contributed by atoms with van der Waals surface area (Å²) in [5.41, 5.74) is 1.40. The van der Waals surface area contributed by atoms with Crippen LogP contribution in [0, 0.1) is 5.92 Å². The topological polar surface area (TPSA) is 60.2 Å². The van der Waals surface area contributed by atoms with Gasteiger partial charge in [0.15, 0.2) is 0 Å². The summed E-state index contributed by atoms with van der Waals surface area (Å²) >= 11 is 0. The molecule has 2 unspecified atom stereocenters. The lowest BCUT2D eigenvalue weighted by Gasteiger charge is -2.32. The molecule has 25 heavy (non-hydrogen) atoms. The van der Waals surface area contributed by atoms with Crippen LogP contribution in [0.5, 0.6) is 11.5 Å². The number of pyridine rings is 1. The predicted molar refractivity (Wildman–Crippen MR) is 95.8 cm³/mol. The van der Waals surface area contributed by atoms with Crippen LogP contribution in [-0.2, 0) is 0 Å². The number of aromatic hydroxyl groups is 1. The number of hydrogen-bond donors (Lipinski definition) is 1. The van der Waals surface area contributed by atoms with E-state index in [-0.39, 0.29) is 5.75 Å². The normalized spacial score (nSPS) is 24.5. The van der Waals surface area contributed by atoms with Crippen molar-refractivity contribution >= 4 is 0 Å². The van der Waals surface area contributed by atoms with Crippen LogP contribution in [0.25, 0.3) is 0 Å². The van der Waals surface area contributed by atoms with Gasteiger partial charge >= 0.3 is 0 Å². The van der Waals surface area contributed by atoms with Crippen molar-refractivity contribution < 1.29 is 9.84 Å². The van der Waals surface area contributed by atoms with Crippen LogP contribution < -0.4 is 4.74 Å². The van der Waals surface area contributed by atoms with Crippen molar-refractivity contribution in [3.8, 4) is 11.5 Å². The molecular formula is C20H27N3O2. The Bertz CT molecular complexity index is 694. The quantitative estimate of drug-likeness (QED) is 0.873. The summed E-state index contributed by atoms with van der Waals surface area (Å²) in [4.78, 5) is 3.99. The fourth-order valence-corrected chi connectivity index (χ4v) is 4.56. The molecule has 2 aliphatic rings. The minimum atomic E-state index is 0.150. The average Bonchev–Trinajstić information content (AvgIpc) is 3.31. The van der Waals surface area contributed by atoms with Gasteiger partial charge in [-0.3, -0.25) is 9.67 Å². The first-order valence-corrected chi connectivity index (χ1v) is 9.61. The molecule has 0 aromatic carbocycles. The van der Waals surface area contributed by atoms with Crippen LogP contribution in [0.1, 0.15) is 69.0 Å². The molecule has 134 valence electrons. The average molecular weight is 341 g/mol. The fourth-order valence-electron chi connectivity index (χ4n) is 4.56. The van der Waals surface area contributed by atoms with Crippen molar-refractivity contribution in [2.75, 3.05) is 6.61 Å². The minimum absolute atomic E-state index is 0.150. The van der Waals surface area contributed by atoms with Crippen molar-refractivity contribution in [2.45, 2.75) is 63.3 Å². The number of hydrogen-bond acceptors (Lipinski definition) is 4. The third-order valence-electron chi connectivity index (χ3n) is 5.82. The van der Waals surface area contributed by atoms with Gasteiger partial charge < -0.3 is 9.84 Å². The smallest absolute Gasteiger partial charge is 0.141 e. The monoisotopic (exact) mass is 341 g/mol. The lowest BCUT2D eigenvalue weighted by atomic mass is 9.77. The standard InChI is InChI=1S/C20H27N3O2/c24-17-11-18(13-21-12-17)25-14-15-5-1-4-8-19(15)20-9-10-22-23(20)16-6-2-3-7-16/h9-13,15-16,19,24H,1-8,14H2. The van der Waals surface area contributed by atoms with Crippen LogP contribution in [0.15, 0.2) is 30.7 Å². The van der Waals surface area contributed by atoms with Crippen LogP contribution in [-0.4, -0.2) is 26.5 Å². The number of ether oxygens (including phenoxy) is 1. The van der Waals surface area contributed by atoms with E-state index in [0.717, 1.165) is 0 Å². The summed E-state index contributed by atoms with van der Waals surface area (Å²) in [7, 11) is 0. The third-order valence-corrected chi connectivity index (χ3v) is 5.82. The molecule has 4 rings (SSSR count). The lowest BCUT2D eigenvalue weighted by Crippen LogP contribution is -2.26. The van der Waals surface area contributed by atoms with E-state index in [1.807, 2.05) is 6.20 Å². The van der Waals surface area contributed by atoms with Gasteiger partial charge in [-0.1, -0.05) is 25.7 Å². The van der Waals surface area contributed by atoms with Crippen LogP contribution in [0.3, 0.4) is 0 Å². The van der Waals surface area contributed by atoms with Gasteiger partial charge in [-0.15, -0.1) is 0 Å². The molecule has 5 heteroatoms. The Morgan fingerprint density at radius 2 is 1.88 bits per heavy atom. The first kappa shape index (κ1) is 16.4. The molecule has 0 aliphatic heterocycles. The van der Waals surface area contributed by atoms with E-state index >= 15 is 0 Å². The largest absolute Gasteiger partial charge is 0.506 e. The van der Waals surface area contributed by atoms with Crippen molar-refractivity contribution in [3.05, 3.63) is 36.4 Å². The van der Waals surface area contributed by atoms with E-state index in [1.165, 1.54) is 63.3 Å². The molecule has 2 aromatic heterocycles. The van der Waals surface area contributed by atoms with Crippen molar-refractivity contribution in [2.24, 2.45) is 5.92 Å². The summed E-state index contributed by atoms with van der Waals surface area (Å²) in [6.07, 6.45) is 15.2. The van der Waals surface area contributed by atoms with Gasteiger partial charge in [-0.25, -0.2) is 0 Å². The highest BCUT2D eigenvalue weighted by Gasteiger charge is 2.31. The van der Waals surface area contributed by atoms with Gasteiger partial charge in [-0.2, -0.15) is 5.10 Å². The zero-order valence-electron chi connectivity index (χ0n) is 14.7. The maximum Gasteiger partial charge on any atom is 0.141 e. The van der Waals surface area contributed by atoms with Gasteiger partial charge in [0.05, 0.1) is 25.0 Å². The molecule has 2 saturated carbocycles. The molecule has 2 heterocycles. The number of aromatic nitrogens is 3. The number of nitrogens with zero attached hydrogens (tertiary/aromatic N) is 3. The molecule has 2 fully saturated rings. The summed E-state index contributed by atoms with van der Waals surface area (Å²) in [5, 5.41) is 14.2. The highest BCUT2D eigenvalue weighted by atomic mass is 16.5. The second-order valence-corrected chi connectivity index (χ2v) is 7.48. The minimum Gasteiger partial charge on any atom is -0.506 e. The molecule has 2 aromatic rings. The van der Waals surface area contributed by atoms with E-state index in [4.69, 9.17) is 4.74 Å². The molecule has 5 nitrogen and oxygen atoms in total. The summed E-state index contributed by atoms with van der Waals surface area (Å²) < 4.78 is 8.28. The lowest BCUT2D eigenvalue weighted by molar-refractivity contribution is 0.179. The Balaban J connectivity index is 1.48. The Morgan fingerprint density at radius 3 is 2.72 bits per heavy atom. The summed E-state index contributed by atoms with van der Waals surface area (Å²) in [6.45, 7) is 0.672.